The third kappa shape index (κ3) is 1.37. The van der Waals surface area contributed by atoms with Crippen molar-refractivity contribution in [2.75, 3.05) is 0 Å². The highest BCUT2D eigenvalue weighted by Gasteiger charge is 2.47. The lowest BCUT2D eigenvalue weighted by Gasteiger charge is -2.42. The van der Waals surface area contributed by atoms with Crippen molar-refractivity contribution in [3.63, 3.8) is 0 Å². The number of ether oxygens (including phenoxy) is 1. The minimum Gasteiger partial charge on any atom is -0.354 e. The molecule has 1 nitrogen and oxygen atoms in total. The molecule has 4 bridgehead atoms. The van der Waals surface area contributed by atoms with Crippen LogP contribution in [0.3, 0.4) is 0 Å². The number of rotatable bonds is 0. The Balaban J connectivity index is 1.58. The van der Waals surface area contributed by atoms with E-state index in [0.29, 0.717) is 11.8 Å². The lowest BCUT2D eigenvalue weighted by atomic mass is 9.60. The van der Waals surface area contributed by atoms with E-state index in [1.54, 1.807) is 0 Å². The van der Waals surface area contributed by atoms with Crippen LogP contribution < -0.4 is 0 Å². The highest BCUT2D eigenvalue weighted by molar-refractivity contribution is 5.70. The van der Waals surface area contributed by atoms with Crippen LogP contribution in [-0.2, 0) is 10.3 Å². The summed E-state index contributed by atoms with van der Waals surface area (Å²) in [5.41, 5.74) is 11.4. The normalized spacial score (nSPS) is 30.7. The highest BCUT2D eigenvalue weighted by atomic mass is 16.5. The first kappa shape index (κ1) is 13.5. The van der Waals surface area contributed by atoms with Gasteiger partial charge in [0.15, 0.2) is 0 Å². The topological polar surface area (TPSA) is 9.23 Å². The molecule has 0 fully saturated rings. The van der Waals surface area contributed by atoms with Crippen molar-refractivity contribution in [3.8, 4) is 0 Å². The average molecular weight is 334 g/mol. The van der Waals surface area contributed by atoms with Gasteiger partial charge in [0.25, 0.3) is 0 Å². The Bertz CT molecular complexity index is 1110. The van der Waals surface area contributed by atoms with E-state index in [9.17, 15) is 0 Å². The standard InChI is InChI=1S/C25H18O/c1-25-11-10-22(26-25)20-12-18-19(13-21(20)25)24-16-8-4-2-6-14(16)23(18)15-7-3-5-9-17(15)24/h2-13,22-24H,1H3. The van der Waals surface area contributed by atoms with Crippen molar-refractivity contribution in [1.82, 2.24) is 0 Å². The first-order chi connectivity index (χ1) is 12.7. The van der Waals surface area contributed by atoms with Crippen molar-refractivity contribution >= 4 is 0 Å². The molecule has 8 rings (SSSR count). The Hall–Kier alpha value is -2.64. The number of fused-ring (bicyclic) bond motifs is 5. The van der Waals surface area contributed by atoms with Crippen molar-refractivity contribution in [2.24, 2.45) is 0 Å². The molecule has 0 saturated carbocycles. The first-order valence-corrected chi connectivity index (χ1v) is 9.48. The fourth-order valence-electron chi connectivity index (χ4n) is 5.83. The van der Waals surface area contributed by atoms with Gasteiger partial charge in [0.05, 0.1) is 0 Å². The summed E-state index contributed by atoms with van der Waals surface area (Å²) in [4.78, 5) is 0. The van der Waals surface area contributed by atoms with Gasteiger partial charge >= 0.3 is 0 Å². The van der Waals surface area contributed by atoms with E-state index in [0.717, 1.165) is 0 Å². The van der Waals surface area contributed by atoms with Crippen molar-refractivity contribution < 1.29 is 4.74 Å². The average Bonchev–Trinajstić information content (AvgIpc) is 3.21. The summed E-state index contributed by atoms with van der Waals surface area (Å²) in [7, 11) is 0. The quantitative estimate of drug-likeness (QED) is 0.338. The largest absolute Gasteiger partial charge is 0.354 e. The Kier molecular flexibility index (Phi) is 2.18. The Morgan fingerprint density at radius 2 is 1.23 bits per heavy atom. The Morgan fingerprint density at radius 3 is 1.81 bits per heavy atom. The van der Waals surface area contributed by atoms with E-state index >= 15 is 0 Å². The number of benzene rings is 3. The predicted octanol–water partition coefficient (Wildman–Crippen LogP) is 5.53. The molecule has 0 aromatic heterocycles. The molecule has 5 aliphatic rings. The summed E-state index contributed by atoms with van der Waals surface area (Å²) in [5, 5.41) is 0. The Morgan fingerprint density at radius 1 is 0.692 bits per heavy atom. The minimum atomic E-state index is -0.245. The molecule has 2 aliphatic heterocycles. The molecule has 0 saturated heterocycles. The summed E-state index contributed by atoms with van der Waals surface area (Å²) >= 11 is 0. The first-order valence-electron chi connectivity index (χ1n) is 9.48. The van der Waals surface area contributed by atoms with Crippen LogP contribution in [0.4, 0.5) is 0 Å². The summed E-state index contributed by atoms with van der Waals surface area (Å²) in [5.74, 6) is 0.697. The van der Waals surface area contributed by atoms with Gasteiger partial charge in [-0.2, -0.15) is 0 Å². The number of hydrogen-bond donors (Lipinski definition) is 0. The van der Waals surface area contributed by atoms with Crippen LogP contribution in [0.2, 0.25) is 0 Å². The van der Waals surface area contributed by atoms with Gasteiger partial charge in [0.1, 0.15) is 11.7 Å². The minimum absolute atomic E-state index is 0.131. The highest BCUT2D eigenvalue weighted by Crippen LogP contribution is 2.59. The van der Waals surface area contributed by atoms with E-state index in [-0.39, 0.29) is 11.7 Å². The van der Waals surface area contributed by atoms with Crippen molar-refractivity contribution in [1.29, 1.82) is 0 Å². The monoisotopic (exact) mass is 334 g/mol. The van der Waals surface area contributed by atoms with E-state index in [1.807, 2.05) is 0 Å². The van der Waals surface area contributed by atoms with Crippen molar-refractivity contribution in [2.45, 2.75) is 30.5 Å². The lowest BCUT2D eigenvalue weighted by molar-refractivity contribution is 0.0113. The van der Waals surface area contributed by atoms with Crippen LogP contribution in [0, 0.1) is 0 Å². The predicted molar refractivity (Wildman–Crippen MR) is 102 cm³/mol. The summed E-state index contributed by atoms with van der Waals surface area (Å²) in [6.45, 7) is 2.20. The van der Waals surface area contributed by atoms with Gasteiger partial charge in [0, 0.05) is 11.8 Å². The maximum absolute atomic E-state index is 6.28. The second-order valence-electron chi connectivity index (χ2n) is 8.20. The van der Waals surface area contributed by atoms with Crippen LogP contribution >= 0.6 is 0 Å². The van der Waals surface area contributed by atoms with Gasteiger partial charge in [-0.3, -0.25) is 0 Å². The van der Waals surface area contributed by atoms with E-state index in [4.69, 9.17) is 4.74 Å². The fraction of sp³-hybridized carbons (Fsp3) is 0.200. The van der Waals surface area contributed by atoms with Crippen LogP contribution in [-0.4, -0.2) is 0 Å². The van der Waals surface area contributed by atoms with Gasteiger partial charge in [-0.15, -0.1) is 0 Å². The maximum Gasteiger partial charge on any atom is 0.110 e. The molecule has 3 aliphatic carbocycles. The summed E-state index contributed by atoms with van der Waals surface area (Å²) in [6, 6.07) is 22.9. The maximum atomic E-state index is 6.28. The SMILES string of the molecule is CC12C=CC(O1)c1cc3c(cc12)C1c2ccccc2C3c2ccccc21. The molecule has 2 unspecified atom stereocenters. The summed E-state index contributed by atoms with van der Waals surface area (Å²) < 4.78 is 6.28. The van der Waals surface area contributed by atoms with Crippen LogP contribution in [0.15, 0.2) is 72.8 Å². The van der Waals surface area contributed by atoms with Crippen LogP contribution in [0.5, 0.6) is 0 Å². The molecule has 3 aromatic rings. The van der Waals surface area contributed by atoms with Gasteiger partial charge < -0.3 is 4.74 Å². The molecule has 26 heavy (non-hydrogen) atoms. The van der Waals surface area contributed by atoms with Gasteiger partial charge in [-0.1, -0.05) is 66.7 Å². The molecular formula is C25H18O. The lowest BCUT2D eigenvalue weighted by Crippen LogP contribution is -2.28. The Labute approximate surface area is 153 Å². The van der Waals surface area contributed by atoms with E-state index in [2.05, 4.69) is 79.7 Å². The fourth-order valence-corrected chi connectivity index (χ4v) is 5.83. The molecule has 0 spiro atoms. The summed E-state index contributed by atoms with van der Waals surface area (Å²) in [6.07, 6.45) is 4.58. The van der Waals surface area contributed by atoms with Crippen LogP contribution in [0.25, 0.3) is 0 Å². The molecule has 1 heteroatoms. The zero-order chi connectivity index (χ0) is 17.0. The van der Waals surface area contributed by atoms with Gasteiger partial charge in [-0.25, -0.2) is 0 Å². The van der Waals surface area contributed by atoms with Crippen molar-refractivity contribution in [3.05, 3.63) is 117 Å². The zero-order valence-corrected chi connectivity index (χ0v) is 14.6. The second kappa shape index (κ2) is 4.19. The molecule has 124 valence electrons. The molecule has 0 amide bonds. The number of hydrogen-bond acceptors (Lipinski definition) is 1. The third-order valence-corrected chi connectivity index (χ3v) is 6.92. The van der Waals surface area contributed by atoms with E-state index in [1.165, 1.54) is 44.5 Å². The second-order valence-corrected chi connectivity index (χ2v) is 8.20. The molecule has 2 atom stereocenters. The smallest absolute Gasteiger partial charge is 0.110 e. The zero-order valence-electron chi connectivity index (χ0n) is 14.6. The molecule has 2 heterocycles. The molecule has 0 radical (unpaired) electrons. The van der Waals surface area contributed by atoms with Gasteiger partial charge in [-0.05, 0) is 57.5 Å². The third-order valence-electron chi connectivity index (χ3n) is 6.92. The van der Waals surface area contributed by atoms with Gasteiger partial charge in [0.2, 0.25) is 0 Å². The molecule has 0 N–H and O–H groups in total. The van der Waals surface area contributed by atoms with E-state index < -0.39 is 0 Å². The molecular weight excluding hydrogens is 316 g/mol. The molecule has 3 aromatic carbocycles. The van der Waals surface area contributed by atoms with Crippen LogP contribution in [0.1, 0.15) is 69.4 Å².